The van der Waals surface area contributed by atoms with E-state index in [0.29, 0.717) is 18.3 Å². The van der Waals surface area contributed by atoms with E-state index in [0.717, 1.165) is 18.9 Å². The molecule has 176 valence electrons. The molecule has 33 heavy (non-hydrogen) atoms. The summed E-state index contributed by atoms with van der Waals surface area (Å²) in [7, 11) is 0. The van der Waals surface area contributed by atoms with E-state index in [1.165, 1.54) is 36.4 Å². The maximum absolute atomic E-state index is 13.5. The lowest BCUT2D eigenvalue weighted by molar-refractivity contribution is -0.125. The predicted molar refractivity (Wildman–Crippen MR) is 114 cm³/mol. The highest BCUT2D eigenvalue weighted by Crippen LogP contribution is 2.45. The summed E-state index contributed by atoms with van der Waals surface area (Å²) in [6, 6.07) is 9.27. The number of hydrogen-bond donors (Lipinski definition) is 2. The van der Waals surface area contributed by atoms with Gasteiger partial charge in [0.05, 0.1) is 5.02 Å². The molecule has 3 aliphatic carbocycles. The van der Waals surface area contributed by atoms with E-state index in [-0.39, 0.29) is 52.6 Å². The first-order valence-corrected chi connectivity index (χ1v) is 10.9. The van der Waals surface area contributed by atoms with Gasteiger partial charge >= 0.3 is 6.61 Å². The Morgan fingerprint density at radius 3 is 2.42 bits per heavy atom. The molecule has 2 aromatic carbocycles. The first-order valence-electron chi connectivity index (χ1n) is 10.5. The Morgan fingerprint density at radius 2 is 1.73 bits per heavy atom. The summed E-state index contributed by atoms with van der Waals surface area (Å²) < 4.78 is 48.0. The minimum absolute atomic E-state index is 0.0325. The predicted octanol–water partition coefficient (Wildman–Crippen LogP) is 4.17. The van der Waals surface area contributed by atoms with Crippen LogP contribution in [-0.2, 0) is 4.79 Å². The van der Waals surface area contributed by atoms with Crippen molar-refractivity contribution >= 4 is 23.4 Å². The second kappa shape index (κ2) is 9.91. The largest absolute Gasteiger partial charge is 0.484 e. The fourth-order valence-electron chi connectivity index (χ4n) is 4.41. The lowest BCUT2D eigenvalue weighted by Gasteiger charge is -2.51. The quantitative estimate of drug-likeness (QED) is 0.592. The highest BCUT2D eigenvalue weighted by molar-refractivity contribution is 6.30. The normalized spacial score (nSPS) is 23.4. The summed E-state index contributed by atoms with van der Waals surface area (Å²) >= 11 is 5.63. The molecule has 3 saturated carbocycles. The minimum Gasteiger partial charge on any atom is -0.484 e. The van der Waals surface area contributed by atoms with Gasteiger partial charge in [0.25, 0.3) is 11.8 Å². The molecule has 2 atom stereocenters. The Hall–Kier alpha value is -2.94. The van der Waals surface area contributed by atoms with Gasteiger partial charge in [-0.25, -0.2) is 4.39 Å². The van der Waals surface area contributed by atoms with E-state index in [2.05, 4.69) is 15.4 Å². The summed E-state index contributed by atoms with van der Waals surface area (Å²) in [5, 5.41) is 5.86. The fraction of sp³-hybridized carbons (Fsp3) is 0.391. The average molecular weight is 483 g/mol. The van der Waals surface area contributed by atoms with Gasteiger partial charge in [0.15, 0.2) is 6.61 Å². The highest BCUT2D eigenvalue weighted by Gasteiger charge is 2.46. The Morgan fingerprint density at radius 1 is 1.00 bits per heavy atom. The number of halogens is 4. The molecule has 3 aliphatic rings. The molecule has 10 heteroatoms. The van der Waals surface area contributed by atoms with Crippen molar-refractivity contribution in [3.63, 3.8) is 0 Å². The van der Waals surface area contributed by atoms with E-state index in [4.69, 9.17) is 16.3 Å². The molecular weight excluding hydrogens is 461 g/mol. The van der Waals surface area contributed by atoms with Gasteiger partial charge in [0, 0.05) is 23.7 Å². The van der Waals surface area contributed by atoms with Gasteiger partial charge in [-0.05, 0) is 61.4 Å². The van der Waals surface area contributed by atoms with Gasteiger partial charge in [-0.1, -0.05) is 17.7 Å². The monoisotopic (exact) mass is 482 g/mol. The second-order valence-electron chi connectivity index (χ2n) is 8.25. The fourth-order valence-corrected chi connectivity index (χ4v) is 4.52. The smallest absolute Gasteiger partial charge is 0.387 e. The minimum atomic E-state index is -2.97. The van der Waals surface area contributed by atoms with Crippen LogP contribution >= 0.6 is 11.6 Å². The van der Waals surface area contributed by atoms with Crippen LogP contribution in [0.3, 0.4) is 0 Å². The molecule has 6 nitrogen and oxygen atoms in total. The van der Waals surface area contributed by atoms with E-state index in [1.54, 1.807) is 0 Å². The molecule has 3 fully saturated rings. The molecule has 5 rings (SSSR count). The van der Waals surface area contributed by atoms with Crippen molar-refractivity contribution in [1.29, 1.82) is 0 Å². The Kier molecular flexibility index (Phi) is 6.97. The molecule has 2 aromatic rings. The van der Waals surface area contributed by atoms with Crippen LogP contribution in [0, 0.1) is 17.7 Å². The maximum atomic E-state index is 13.5. The van der Waals surface area contributed by atoms with Crippen molar-refractivity contribution in [2.24, 2.45) is 11.8 Å². The van der Waals surface area contributed by atoms with Crippen LogP contribution in [0.25, 0.3) is 0 Å². The van der Waals surface area contributed by atoms with E-state index in [1.807, 2.05) is 0 Å². The first kappa shape index (κ1) is 23.2. The third-order valence-corrected chi connectivity index (χ3v) is 6.41. The summed E-state index contributed by atoms with van der Waals surface area (Å²) in [5.41, 5.74) is 0.221. The standard InChI is InChI=1S/C23H22ClF3N2O4/c24-17-5-4-15(9-18(17)25)32-11-21(30)28-19-10-20(14-6-13(19)7-14)29-22(31)12-2-1-3-16(8-12)33-23(26)27/h1-5,8-9,13-14,19-20,23H,6-7,10-11H2,(H,28,30)(H,29,31)/t13?,14?,19-,20?/m0/s1. The maximum Gasteiger partial charge on any atom is 0.387 e. The number of carbonyl (C=O) groups is 2. The van der Waals surface area contributed by atoms with Crippen LogP contribution in [0.4, 0.5) is 13.2 Å². The van der Waals surface area contributed by atoms with Crippen LogP contribution in [0.15, 0.2) is 42.5 Å². The third kappa shape index (κ3) is 5.71. The lowest BCUT2D eigenvalue weighted by Crippen LogP contribution is -2.60. The van der Waals surface area contributed by atoms with Crippen molar-refractivity contribution in [1.82, 2.24) is 10.6 Å². The topological polar surface area (TPSA) is 76.7 Å². The zero-order valence-corrected chi connectivity index (χ0v) is 18.2. The molecule has 0 saturated heterocycles. The van der Waals surface area contributed by atoms with Crippen LogP contribution in [-0.4, -0.2) is 37.1 Å². The van der Waals surface area contributed by atoms with Gasteiger partial charge in [-0.2, -0.15) is 8.78 Å². The lowest BCUT2D eigenvalue weighted by atomic mass is 9.60. The third-order valence-electron chi connectivity index (χ3n) is 6.10. The van der Waals surface area contributed by atoms with Gasteiger partial charge in [0.2, 0.25) is 0 Å². The average Bonchev–Trinajstić information content (AvgIpc) is 2.73. The molecule has 0 aliphatic heterocycles. The molecule has 0 aromatic heterocycles. The number of carbonyl (C=O) groups excluding carboxylic acids is 2. The molecule has 2 amide bonds. The SMILES string of the molecule is O=C(COc1ccc(Cl)c(F)c1)N[C@H]1CC(NC(=O)c2cccc(OC(F)F)c2)C2CC1C2. The van der Waals surface area contributed by atoms with Crippen LogP contribution in [0.5, 0.6) is 11.5 Å². The van der Waals surface area contributed by atoms with E-state index < -0.39 is 12.4 Å². The Balaban J connectivity index is 1.30. The molecule has 1 unspecified atom stereocenters. The number of rotatable bonds is 8. The second-order valence-corrected chi connectivity index (χ2v) is 8.66. The molecule has 0 heterocycles. The molecular formula is C23H22ClF3N2O4. The van der Waals surface area contributed by atoms with Gasteiger partial charge < -0.3 is 20.1 Å². The van der Waals surface area contributed by atoms with Crippen LogP contribution < -0.4 is 20.1 Å². The number of fused-ring (bicyclic) bond motifs is 2. The van der Waals surface area contributed by atoms with Crippen LogP contribution in [0.2, 0.25) is 5.02 Å². The van der Waals surface area contributed by atoms with Gasteiger partial charge in [0.1, 0.15) is 17.3 Å². The zero-order chi connectivity index (χ0) is 23.5. The van der Waals surface area contributed by atoms with Crippen molar-refractivity contribution in [3.8, 4) is 11.5 Å². The molecule has 2 N–H and O–H groups in total. The van der Waals surface area contributed by atoms with Crippen molar-refractivity contribution in [3.05, 3.63) is 58.9 Å². The number of benzene rings is 2. The highest BCUT2D eigenvalue weighted by atomic mass is 35.5. The molecule has 2 bridgehead atoms. The van der Waals surface area contributed by atoms with Crippen LogP contribution in [0.1, 0.15) is 29.6 Å². The summed E-state index contributed by atoms with van der Waals surface area (Å²) in [5.74, 6) is -0.625. The van der Waals surface area contributed by atoms with Gasteiger partial charge in [-0.15, -0.1) is 0 Å². The number of amides is 2. The number of alkyl halides is 2. The Labute approximate surface area is 193 Å². The number of ether oxygens (including phenoxy) is 2. The van der Waals surface area contributed by atoms with Crippen molar-refractivity contribution < 1.29 is 32.2 Å². The van der Waals surface area contributed by atoms with E-state index in [9.17, 15) is 22.8 Å². The first-order chi connectivity index (χ1) is 15.8. The summed E-state index contributed by atoms with van der Waals surface area (Å²) in [6.07, 6.45) is 2.29. The molecule has 0 spiro atoms. The van der Waals surface area contributed by atoms with Gasteiger partial charge in [-0.3, -0.25) is 9.59 Å². The van der Waals surface area contributed by atoms with Crippen molar-refractivity contribution in [2.75, 3.05) is 6.61 Å². The number of hydrogen-bond acceptors (Lipinski definition) is 4. The zero-order valence-electron chi connectivity index (χ0n) is 17.4. The summed E-state index contributed by atoms with van der Waals surface area (Å²) in [6.45, 7) is -3.25. The van der Waals surface area contributed by atoms with E-state index >= 15 is 0 Å². The Bertz CT molecular complexity index is 1030. The molecule has 0 radical (unpaired) electrons. The van der Waals surface area contributed by atoms with Crippen molar-refractivity contribution in [2.45, 2.75) is 38.0 Å². The summed E-state index contributed by atoms with van der Waals surface area (Å²) in [4.78, 5) is 25.0. The number of nitrogens with one attached hydrogen (secondary N) is 2.